The molecule has 0 radical (unpaired) electrons. The molecule has 8 rings (SSSR count). The van der Waals surface area contributed by atoms with E-state index in [4.69, 9.17) is 16.6 Å². The molecule has 42 heavy (non-hydrogen) atoms. The van der Waals surface area contributed by atoms with Gasteiger partial charge in [0.1, 0.15) is 0 Å². The third kappa shape index (κ3) is 4.42. The summed E-state index contributed by atoms with van der Waals surface area (Å²) in [4.78, 5) is 13.7. The van der Waals surface area contributed by atoms with Crippen LogP contribution in [0.5, 0.6) is 0 Å². The molecule has 0 aliphatic carbocycles. The summed E-state index contributed by atoms with van der Waals surface area (Å²) in [5.74, 6) is 1.10. The maximum absolute atomic E-state index is 6.42. The van der Waals surface area contributed by atoms with E-state index in [1.807, 2.05) is 41.7 Å². The van der Waals surface area contributed by atoms with Crippen LogP contribution in [0.4, 0.5) is 0 Å². The summed E-state index contributed by atoms with van der Waals surface area (Å²) >= 11 is 8.26. The number of hydrogen-bond donors (Lipinski definition) is 0. The molecular formula is C37H22ClN3S. The van der Waals surface area contributed by atoms with E-state index < -0.39 is 0 Å². The summed E-state index contributed by atoms with van der Waals surface area (Å²) in [6.07, 6.45) is 0. The Kier molecular flexibility index (Phi) is 6.03. The zero-order chi connectivity index (χ0) is 28.0. The minimum absolute atomic E-state index is 0.174. The summed E-state index contributed by atoms with van der Waals surface area (Å²) in [5, 5.41) is 5.09. The van der Waals surface area contributed by atoms with Gasteiger partial charge in [-0.15, -0.1) is 11.3 Å². The Bertz CT molecular complexity index is 2260. The van der Waals surface area contributed by atoms with E-state index in [9.17, 15) is 0 Å². The van der Waals surface area contributed by atoms with Crippen molar-refractivity contribution in [1.29, 1.82) is 0 Å². The summed E-state index contributed by atoms with van der Waals surface area (Å²) in [5.41, 5.74) is 6.49. The minimum Gasteiger partial charge on any atom is -0.208 e. The lowest BCUT2D eigenvalue weighted by atomic mass is 9.96. The first-order chi connectivity index (χ1) is 20.7. The highest BCUT2D eigenvalue weighted by molar-refractivity contribution is 7.25. The summed E-state index contributed by atoms with van der Waals surface area (Å²) in [6, 6.07) is 46.7. The lowest BCUT2D eigenvalue weighted by Gasteiger charge is -2.10. The van der Waals surface area contributed by atoms with Crippen LogP contribution in [0.2, 0.25) is 5.28 Å². The van der Waals surface area contributed by atoms with Crippen molar-refractivity contribution in [3.05, 3.63) is 139 Å². The van der Waals surface area contributed by atoms with Crippen LogP contribution in [-0.4, -0.2) is 15.0 Å². The minimum atomic E-state index is 0.174. The molecule has 0 spiro atoms. The second kappa shape index (κ2) is 10.2. The Morgan fingerprint density at radius 3 is 1.93 bits per heavy atom. The average Bonchev–Trinajstić information content (AvgIpc) is 3.42. The van der Waals surface area contributed by atoms with E-state index in [-0.39, 0.29) is 5.28 Å². The van der Waals surface area contributed by atoms with Gasteiger partial charge in [0.05, 0.1) is 0 Å². The Morgan fingerprint density at radius 2 is 1.07 bits per heavy atom. The molecule has 6 aromatic carbocycles. The van der Waals surface area contributed by atoms with Crippen LogP contribution in [-0.2, 0) is 0 Å². The zero-order valence-corrected chi connectivity index (χ0v) is 23.9. The summed E-state index contributed by atoms with van der Waals surface area (Å²) in [6.45, 7) is 0. The second-order valence-corrected chi connectivity index (χ2v) is 11.7. The molecule has 5 heteroatoms. The molecule has 3 nitrogen and oxygen atoms in total. The molecule has 0 atom stereocenters. The smallest absolute Gasteiger partial charge is 0.208 e. The SMILES string of the molecule is Clc1nc(-c2ccc(-c3ccccc3)cc2)nc(-c2ccc3c(-c4ccc5c(c4)sc4ccccc45)cccc3c2)n1. The fraction of sp³-hybridized carbons (Fsp3) is 0. The Labute approximate surface area is 251 Å². The molecule has 2 aromatic heterocycles. The van der Waals surface area contributed by atoms with Gasteiger partial charge in [0.2, 0.25) is 5.28 Å². The van der Waals surface area contributed by atoms with Crippen molar-refractivity contribution in [3.8, 4) is 45.0 Å². The summed E-state index contributed by atoms with van der Waals surface area (Å²) in [7, 11) is 0. The first kappa shape index (κ1) is 24.9. The molecule has 0 fully saturated rings. The van der Waals surface area contributed by atoms with Gasteiger partial charge in [-0.05, 0) is 62.8 Å². The predicted octanol–water partition coefficient (Wildman–Crippen LogP) is 10.7. The lowest BCUT2D eigenvalue weighted by Crippen LogP contribution is -1.97. The lowest BCUT2D eigenvalue weighted by molar-refractivity contribution is 1.07. The quantitative estimate of drug-likeness (QED) is 0.209. The number of halogens is 1. The van der Waals surface area contributed by atoms with Crippen LogP contribution in [0.3, 0.4) is 0 Å². The van der Waals surface area contributed by atoms with Gasteiger partial charge < -0.3 is 0 Å². The summed E-state index contributed by atoms with van der Waals surface area (Å²) < 4.78 is 2.61. The maximum Gasteiger partial charge on any atom is 0.226 e. The van der Waals surface area contributed by atoms with E-state index in [0.29, 0.717) is 11.6 Å². The van der Waals surface area contributed by atoms with Crippen molar-refractivity contribution in [2.75, 3.05) is 0 Å². The van der Waals surface area contributed by atoms with Gasteiger partial charge in [-0.3, -0.25) is 0 Å². The molecule has 198 valence electrons. The molecule has 8 aromatic rings. The Hall–Kier alpha value is -4.90. The fourth-order valence-corrected chi connectivity index (χ4v) is 6.92. The standard InChI is InChI=1S/C37H22ClN3S/c38-37-40-35(25-15-13-24(14-16-25)23-7-2-1-3-8-23)39-36(41-37)28-18-19-30-26(21-28)9-6-11-29(30)27-17-20-32-31-10-4-5-12-33(31)42-34(32)22-27/h1-22H. The van der Waals surface area contributed by atoms with Crippen LogP contribution in [0.1, 0.15) is 0 Å². The number of benzene rings is 6. The van der Waals surface area contributed by atoms with Gasteiger partial charge in [-0.2, -0.15) is 9.97 Å². The van der Waals surface area contributed by atoms with Gasteiger partial charge in [0.15, 0.2) is 11.6 Å². The second-order valence-electron chi connectivity index (χ2n) is 10.2. The number of thiophene rings is 1. The van der Waals surface area contributed by atoms with Gasteiger partial charge >= 0.3 is 0 Å². The van der Waals surface area contributed by atoms with Crippen LogP contribution < -0.4 is 0 Å². The molecule has 0 saturated carbocycles. The topological polar surface area (TPSA) is 38.7 Å². The average molecular weight is 576 g/mol. The highest BCUT2D eigenvalue weighted by Gasteiger charge is 2.13. The molecule has 0 N–H and O–H groups in total. The van der Waals surface area contributed by atoms with E-state index >= 15 is 0 Å². The molecule has 0 bridgehead atoms. The van der Waals surface area contributed by atoms with Crippen molar-refractivity contribution >= 4 is 53.9 Å². The molecule has 0 unspecified atom stereocenters. The predicted molar refractivity (Wildman–Crippen MR) is 177 cm³/mol. The van der Waals surface area contributed by atoms with Crippen molar-refractivity contribution in [1.82, 2.24) is 15.0 Å². The van der Waals surface area contributed by atoms with Gasteiger partial charge in [-0.1, -0.05) is 115 Å². The monoisotopic (exact) mass is 575 g/mol. The highest BCUT2D eigenvalue weighted by atomic mass is 35.5. The van der Waals surface area contributed by atoms with Crippen molar-refractivity contribution in [2.45, 2.75) is 0 Å². The third-order valence-corrected chi connectivity index (χ3v) is 8.99. The fourth-order valence-electron chi connectivity index (χ4n) is 5.62. The first-order valence-electron chi connectivity index (χ1n) is 13.7. The largest absolute Gasteiger partial charge is 0.226 e. The first-order valence-corrected chi connectivity index (χ1v) is 14.9. The van der Waals surface area contributed by atoms with Crippen molar-refractivity contribution < 1.29 is 0 Å². The van der Waals surface area contributed by atoms with Gasteiger partial charge in [-0.25, -0.2) is 4.98 Å². The number of rotatable bonds is 4. The van der Waals surface area contributed by atoms with Gasteiger partial charge in [0, 0.05) is 31.3 Å². The maximum atomic E-state index is 6.42. The molecule has 0 saturated heterocycles. The number of nitrogens with zero attached hydrogens (tertiary/aromatic N) is 3. The molecular weight excluding hydrogens is 554 g/mol. The molecule has 0 amide bonds. The van der Waals surface area contributed by atoms with Crippen LogP contribution in [0, 0.1) is 0 Å². The molecule has 2 heterocycles. The van der Waals surface area contributed by atoms with Crippen LogP contribution in [0.25, 0.3) is 76.0 Å². The van der Waals surface area contributed by atoms with E-state index in [2.05, 4.69) is 113 Å². The normalized spacial score (nSPS) is 11.5. The molecule has 0 aliphatic rings. The Morgan fingerprint density at radius 1 is 0.429 bits per heavy atom. The van der Waals surface area contributed by atoms with Crippen molar-refractivity contribution in [3.63, 3.8) is 0 Å². The highest BCUT2D eigenvalue weighted by Crippen LogP contribution is 2.38. The van der Waals surface area contributed by atoms with Crippen molar-refractivity contribution in [2.24, 2.45) is 0 Å². The van der Waals surface area contributed by atoms with Gasteiger partial charge in [0.25, 0.3) is 0 Å². The number of aromatic nitrogens is 3. The molecule has 0 aliphatic heterocycles. The van der Waals surface area contributed by atoms with E-state index in [1.54, 1.807) is 0 Å². The van der Waals surface area contributed by atoms with E-state index in [0.717, 1.165) is 27.6 Å². The van der Waals surface area contributed by atoms with Crippen LogP contribution >= 0.6 is 22.9 Å². The Balaban J connectivity index is 1.16. The third-order valence-electron chi connectivity index (χ3n) is 7.69. The number of fused-ring (bicyclic) bond motifs is 4. The zero-order valence-electron chi connectivity index (χ0n) is 22.3. The number of hydrogen-bond acceptors (Lipinski definition) is 4. The van der Waals surface area contributed by atoms with E-state index in [1.165, 1.54) is 36.7 Å². The van der Waals surface area contributed by atoms with Crippen LogP contribution in [0.15, 0.2) is 133 Å².